The van der Waals surface area contributed by atoms with Gasteiger partial charge < -0.3 is 0 Å². The Morgan fingerprint density at radius 3 is 2.17 bits per heavy atom. The van der Waals surface area contributed by atoms with E-state index < -0.39 is 3.11 Å². The summed E-state index contributed by atoms with van der Waals surface area (Å²) in [5.41, 5.74) is 0.250. The summed E-state index contributed by atoms with van der Waals surface area (Å²) in [6, 6.07) is 0. The van der Waals surface area contributed by atoms with E-state index in [4.69, 9.17) is 4.52 Å². The first-order valence-corrected chi connectivity index (χ1v) is 12.6. The van der Waals surface area contributed by atoms with Gasteiger partial charge in [0.1, 0.15) is 0 Å². The molecule has 2 rings (SSSR count). The van der Waals surface area contributed by atoms with Crippen LogP contribution >= 0.6 is 3.11 Å². The van der Waals surface area contributed by atoms with Gasteiger partial charge in [0.05, 0.1) is 0 Å². The molecule has 2 bridgehead atoms. The normalized spacial score (nSPS) is 40.7. The molecule has 0 amide bonds. The molecular weight excluding hydrogens is 368 g/mol. The van der Waals surface area contributed by atoms with E-state index in [9.17, 15) is 0 Å². The van der Waals surface area contributed by atoms with Gasteiger partial charge in [0.25, 0.3) is 0 Å². The van der Waals surface area contributed by atoms with Gasteiger partial charge in [-0.25, -0.2) is 0 Å². The van der Waals surface area contributed by atoms with Gasteiger partial charge in [-0.15, -0.1) is 0 Å². The van der Waals surface area contributed by atoms with E-state index in [-0.39, 0.29) is 5.60 Å². The minimum absolute atomic E-state index is 0.250. The van der Waals surface area contributed by atoms with E-state index >= 15 is 0 Å². The molecule has 2 radical (unpaired) electrons. The third-order valence-corrected chi connectivity index (χ3v) is 5.00. The van der Waals surface area contributed by atoms with Crippen LogP contribution in [0.5, 0.6) is 0 Å². The number of fused-ring (bicyclic) bond motifs is 2. The van der Waals surface area contributed by atoms with Crippen LogP contribution in [0.4, 0.5) is 0 Å². The van der Waals surface area contributed by atoms with Gasteiger partial charge >= 0.3 is 97.5 Å². The molecule has 2 aliphatic rings. The van der Waals surface area contributed by atoms with Crippen LogP contribution in [0.3, 0.4) is 0 Å². The molecule has 0 saturated heterocycles. The Morgan fingerprint density at radius 1 is 1.25 bits per heavy atom. The van der Waals surface area contributed by atoms with Crippen molar-refractivity contribution in [2.45, 2.75) is 37.7 Å². The fourth-order valence-electron chi connectivity index (χ4n) is 2.50. The van der Waals surface area contributed by atoms with E-state index in [2.05, 4.69) is 46.2 Å². The summed E-state index contributed by atoms with van der Waals surface area (Å²) in [4.78, 5) is 0. The molecule has 5 heteroatoms. The van der Waals surface area contributed by atoms with Crippen molar-refractivity contribution in [1.82, 2.24) is 0 Å². The summed E-state index contributed by atoms with van der Waals surface area (Å²) < 4.78 is 4.73. The Kier molecular flexibility index (Phi) is 3.06. The van der Waals surface area contributed by atoms with Crippen molar-refractivity contribution in [3.63, 3.8) is 0 Å². The van der Waals surface area contributed by atoms with Crippen molar-refractivity contribution < 1.29 is 4.52 Å². The third kappa shape index (κ3) is 2.30. The topological polar surface area (TPSA) is 9.23 Å². The molecule has 0 aromatic rings. The first-order valence-electron chi connectivity index (χ1n) is 4.22. The molecular formula is C7H11OPSe3. The standard InChI is InChI=1S/C7H11OPSe3/c10-9(11,12)8-7-3-1-6(5-7)2-4-7/h6H,1-5H2. The van der Waals surface area contributed by atoms with Gasteiger partial charge in [-0.3, -0.25) is 0 Å². The molecule has 12 heavy (non-hydrogen) atoms. The average Bonchev–Trinajstić information content (AvgIpc) is 2.40. The van der Waals surface area contributed by atoms with Crippen molar-refractivity contribution >= 4 is 49.4 Å². The van der Waals surface area contributed by atoms with Gasteiger partial charge in [-0.05, 0) is 0 Å². The summed E-state index contributed by atoms with van der Waals surface area (Å²) in [5.74, 6) is 0.969. The summed E-state index contributed by atoms with van der Waals surface area (Å²) in [5, 5.41) is 0. The van der Waals surface area contributed by atoms with E-state index in [1.165, 1.54) is 32.1 Å². The van der Waals surface area contributed by atoms with Gasteiger partial charge in [0, 0.05) is 0 Å². The van der Waals surface area contributed by atoms with Crippen LogP contribution in [0.15, 0.2) is 0 Å². The van der Waals surface area contributed by atoms with E-state index in [1.807, 2.05) is 0 Å². The second-order valence-electron chi connectivity index (χ2n) is 3.87. The zero-order valence-electron chi connectivity index (χ0n) is 6.69. The molecule has 0 aromatic heterocycles. The van der Waals surface area contributed by atoms with Crippen LogP contribution in [0.2, 0.25) is 0 Å². The minimum atomic E-state index is -1.40. The first kappa shape index (κ1) is 10.5. The van der Waals surface area contributed by atoms with Crippen molar-refractivity contribution in [2.75, 3.05) is 0 Å². The molecule has 0 unspecified atom stereocenters. The quantitative estimate of drug-likeness (QED) is 0.523. The fraction of sp³-hybridized carbons (Fsp3) is 1.00. The van der Waals surface area contributed by atoms with Crippen molar-refractivity contribution in [1.29, 1.82) is 0 Å². The Bertz CT molecular complexity index is 229. The van der Waals surface area contributed by atoms with Gasteiger partial charge in [-0.2, -0.15) is 0 Å². The molecule has 0 atom stereocenters. The molecule has 2 saturated carbocycles. The second-order valence-corrected chi connectivity index (χ2v) is 25.2. The van der Waals surface area contributed by atoms with Crippen LogP contribution in [0.25, 0.3) is 0 Å². The molecule has 1 nitrogen and oxygen atoms in total. The second kappa shape index (κ2) is 3.51. The Balaban J connectivity index is 2.08. The average molecular weight is 379 g/mol. The SMILES string of the molecule is [Se]P([Se])(=[Se])OC12CCC(CC1)C2. The molecule has 68 valence electrons. The van der Waals surface area contributed by atoms with Crippen molar-refractivity contribution in [2.24, 2.45) is 5.92 Å². The van der Waals surface area contributed by atoms with Crippen LogP contribution in [0.1, 0.15) is 32.1 Å². The Morgan fingerprint density at radius 2 is 1.83 bits per heavy atom. The number of hydrogen-bond donors (Lipinski definition) is 0. The molecule has 2 aliphatic carbocycles. The van der Waals surface area contributed by atoms with Crippen molar-refractivity contribution in [3.05, 3.63) is 0 Å². The molecule has 2 fully saturated rings. The molecule has 0 heterocycles. The summed E-state index contributed by atoms with van der Waals surface area (Å²) in [7, 11) is 0. The monoisotopic (exact) mass is 382 g/mol. The zero-order chi connectivity index (χ0) is 8.82. The maximum atomic E-state index is 6.12. The first-order chi connectivity index (χ1) is 5.49. The van der Waals surface area contributed by atoms with Gasteiger partial charge in [0.2, 0.25) is 0 Å². The van der Waals surface area contributed by atoms with Gasteiger partial charge in [-0.1, -0.05) is 0 Å². The van der Waals surface area contributed by atoms with Crippen LogP contribution < -0.4 is 0 Å². The zero-order valence-corrected chi connectivity index (χ0v) is 12.7. The Hall–Kier alpha value is 1.95. The number of hydrogen-bond acceptors (Lipinski definition) is 1. The van der Waals surface area contributed by atoms with E-state index in [1.54, 1.807) is 0 Å². The molecule has 0 aliphatic heterocycles. The maximum absolute atomic E-state index is 6.12. The summed E-state index contributed by atoms with van der Waals surface area (Å²) >= 11 is 9.30. The predicted molar refractivity (Wildman–Crippen MR) is 54.6 cm³/mol. The van der Waals surface area contributed by atoms with Crippen LogP contribution in [-0.4, -0.2) is 51.8 Å². The number of rotatable bonds is 2. The fourth-order valence-corrected chi connectivity index (χ4v) is 6.22. The summed E-state index contributed by atoms with van der Waals surface area (Å²) in [6.07, 6.45) is 6.65. The van der Waals surface area contributed by atoms with Gasteiger partial charge in [0.15, 0.2) is 0 Å². The Labute approximate surface area is 96.9 Å². The summed E-state index contributed by atoms with van der Waals surface area (Å²) in [6.45, 7) is 0. The van der Waals surface area contributed by atoms with Crippen LogP contribution in [0, 0.1) is 5.92 Å². The van der Waals surface area contributed by atoms with E-state index in [0.29, 0.717) is 0 Å². The molecule has 0 aromatic carbocycles. The molecule has 0 N–H and O–H groups in total. The van der Waals surface area contributed by atoms with Crippen molar-refractivity contribution in [3.8, 4) is 0 Å². The van der Waals surface area contributed by atoms with Crippen LogP contribution in [-0.2, 0) is 4.52 Å². The molecule has 0 spiro atoms. The predicted octanol–water partition coefficient (Wildman–Crippen LogP) is 1.52. The van der Waals surface area contributed by atoms with E-state index in [0.717, 1.165) is 5.92 Å². The third-order valence-electron chi connectivity index (χ3n) is 2.98.